The smallest absolute Gasteiger partial charge is 0.407 e. The van der Waals surface area contributed by atoms with Crippen LogP contribution in [0.5, 0.6) is 0 Å². The van der Waals surface area contributed by atoms with Crippen molar-refractivity contribution in [3.8, 4) is 11.1 Å². The minimum absolute atomic E-state index is 0.0194. The maximum Gasteiger partial charge on any atom is 0.407 e. The van der Waals surface area contributed by atoms with E-state index in [1.54, 1.807) is 38.1 Å². The van der Waals surface area contributed by atoms with Gasteiger partial charge in [-0.05, 0) is 96.1 Å². The fourth-order valence-electron chi connectivity index (χ4n) is 8.43. The van der Waals surface area contributed by atoms with Crippen molar-refractivity contribution in [2.45, 2.75) is 109 Å². The Morgan fingerprint density at radius 1 is 0.658 bits per heavy atom. The van der Waals surface area contributed by atoms with Crippen LogP contribution in [0.4, 0.5) is 10.5 Å². The summed E-state index contributed by atoms with van der Waals surface area (Å²) in [6.45, 7) is 8.45. The van der Waals surface area contributed by atoms with Gasteiger partial charge in [0, 0.05) is 30.1 Å². The van der Waals surface area contributed by atoms with Crippen molar-refractivity contribution in [1.82, 2.24) is 31.9 Å². The Hall–Kier alpha value is -7.64. The average Bonchev–Trinajstić information content (AvgIpc) is 3.68. The maximum atomic E-state index is 14.4. The number of carbonyl (C=O) groups is 8. The number of hydrogen-bond donors (Lipinski definition) is 10. The van der Waals surface area contributed by atoms with Crippen molar-refractivity contribution in [3.05, 3.63) is 125 Å². The molecule has 8 amide bonds. The summed E-state index contributed by atoms with van der Waals surface area (Å²) >= 11 is 0. The van der Waals surface area contributed by atoms with Crippen molar-refractivity contribution >= 4 is 53.1 Å². The van der Waals surface area contributed by atoms with Crippen molar-refractivity contribution in [1.29, 1.82) is 0 Å². The molecule has 390 valence electrons. The average molecular weight is 1000 g/mol. The molecular weight excluding hydrogens is 933 g/mol. The topological polar surface area (TPSA) is 308 Å². The van der Waals surface area contributed by atoms with Gasteiger partial charge in [0.2, 0.25) is 35.4 Å². The van der Waals surface area contributed by atoms with Crippen LogP contribution in [0.3, 0.4) is 0 Å². The molecule has 0 radical (unpaired) electrons. The minimum atomic E-state index is -1.21. The lowest BCUT2D eigenvalue weighted by molar-refractivity contribution is -0.130. The zero-order valence-electron chi connectivity index (χ0n) is 42.1. The molecule has 13 N–H and O–H groups in total. The highest BCUT2D eigenvalue weighted by atomic mass is 16.5. The largest absolute Gasteiger partial charge is 0.449 e. The Morgan fingerprint density at radius 2 is 1.29 bits per heavy atom. The van der Waals surface area contributed by atoms with Crippen molar-refractivity contribution in [2.24, 2.45) is 29.0 Å². The van der Waals surface area contributed by atoms with Gasteiger partial charge in [-0.3, -0.25) is 33.6 Å². The number of hydrogen-bond acceptors (Lipinski definition) is 11. The molecular formula is C54H70N10O9. The number of fused-ring (bicyclic) bond motifs is 3. The molecule has 5 atom stereocenters. The molecule has 19 heteroatoms. The molecule has 0 aliphatic heterocycles. The molecule has 0 aromatic heterocycles. The molecule has 1 aliphatic rings. The number of primary amides is 1. The number of unbranched alkanes of at least 4 members (excludes halogenated alkanes) is 1. The van der Waals surface area contributed by atoms with Crippen molar-refractivity contribution < 1.29 is 43.1 Å². The van der Waals surface area contributed by atoms with Crippen LogP contribution in [0.1, 0.15) is 98.8 Å². The number of alkyl carbamates (subject to hydrolysis) is 1. The first-order chi connectivity index (χ1) is 34.9. The van der Waals surface area contributed by atoms with E-state index in [0.717, 1.165) is 22.3 Å². The molecule has 73 heavy (non-hydrogen) atoms. The third kappa shape index (κ3) is 16.4. The summed E-state index contributed by atoms with van der Waals surface area (Å²) in [5.41, 5.74) is 22.3. The number of carbonyl (C=O) groups excluding carboxylic acids is 8. The zero-order valence-corrected chi connectivity index (χ0v) is 42.1. The van der Waals surface area contributed by atoms with Gasteiger partial charge in [-0.15, -0.1) is 0 Å². The molecule has 19 nitrogen and oxygen atoms in total. The molecule has 0 unspecified atom stereocenters. The van der Waals surface area contributed by atoms with Crippen LogP contribution in [-0.2, 0) is 46.5 Å². The molecule has 0 bridgehead atoms. The lowest BCUT2D eigenvalue weighted by Crippen LogP contribution is -2.52. The molecule has 0 spiro atoms. The molecule has 0 fully saturated rings. The number of ether oxygens (including phenoxy) is 1. The summed E-state index contributed by atoms with van der Waals surface area (Å²) in [5.74, 6) is -5.13. The van der Waals surface area contributed by atoms with E-state index in [2.05, 4.69) is 37.2 Å². The number of nitrogens with two attached hydrogens (primary N) is 3. The second kappa shape index (κ2) is 27.3. The van der Waals surface area contributed by atoms with Gasteiger partial charge in [0.1, 0.15) is 30.8 Å². The quantitative estimate of drug-likeness (QED) is 0.0407. The van der Waals surface area contributed by atoms with Crippen LogP contribution in [0.15, 0.2) is 97.1 Å². The second-order valence-electron chi connectivity index (χ2n) is 19.0. The van der Waals surface area contributed by atoms with Gasteiger partial charge in [0.25, 0.3) is 5.91 Å². The Balaban J connectivity index is 1.36. The van der Waals surface area contributed by atoms with Crippen LogP contribution in [0, 0.1) is 11.8 Å². The highest BCUT2D eigenvalue weighted by Gasteiger charge is 2.32. The van der Waals surface area contributed by atoms with Crippen LogP contribution < -0.4 is 54.4 Å². The molecule has 0 heterocycles. The molecule has 0 saturated carbocycles. The van der Waals surface area contributed by atoms with Crippen molar-refractivity contribution in [3.63, 3.8) is 0 Å². The second-order valence-corrected chi connectivity index (χ2v) is 19.0. The van der Waals surface area contributed by atoms with Gasteiger partial charge in [-0.1, -0.05) is 113 Å². The predicted octanol–water partition coefficient (Wildman–Crippen LogP) is 3.24. The zero-order chi connectivity index (χ0) is 53.2. The third-order valence-corrected chi connectivity index (χ3v) is 12.4. The normalized spacial score (nSPS) is 13.8. The lowest BCUT2D eigenvalue weighted by atomic mass is 9.98. The summed E-state index contributed by atoms with van der Waals surface area (Å²) in [5, 5.41) is 18.9. The number of benzene rings is 4. The third-order valence-electron chi connectivity index (χ3n) is 12.4. The number of rotatable bonds is 26. The number of amides is 8. The molecule has 1 aliphatic carbocycles. The summed E-state index contributed by atoms with van der Waals surface area (Å²) in [4.78, 5) is 107. The number of nitrogens with one attached hydrogen (secondary N) is 7. The van der Waals surface area contributed by atoms with Gasteiger partial charge in [-0.2, -0.15) is 0 Å². The Kier molecular flexibility index (Phi) is 21.0. The van der Waals surface area contributed by atoms with Gasteiger partial charge in [-0.25, -0.2) is 4.79 Å². The Morgan fingerprint density at radius 3 is 1.90 bits per heavy atom. The van der Waals surface area contributed by atoms with Gasteiger partial charge in [0.15, 0.2) is 0 Å². The van der Waals surface area contributed by atoms with E-state index in [4.69, 9.17) is 21.9 Å². The molecule has 4 aromatic carbocycles. The van der Waals surface area contributed by atoms with E-state index >= 15 is 0 Å². The van der Waals surface area contributed by atoms with Gasteiger partial charge >= 0.3 is 6.09 Å². The fraction of sp³-hybridized carbons (Fsp3) is 0.407. The molecule has 0 saturated heterocycles. The standard InChI is InChI=1S/C54H70N10O9/c1-31(2)25-44(63-50(68)42(56)21-13-14-24-55)51(69)58-28-36-27-35(49(67)64-47(32(3)4)53(71)59-29-46(57)65)22-23-43(36)61-52(70)45(26-34-15-7-6-8-16-34)62-48(66)33(5)60-54(72)73-30-41-39-19-11-9-17-37(39)38-18-10-12-20-40(38)41/h6-12,15-20,22-23,27,31-33,41-42,44-45,47H,13-14,21,24-26,28-30,55-56H2,1-5H3,(H2,57,65)(H,58,69)(H,59,71)(H,60,72)(H,61,70)(H,62,66)(H,63,68)(H,64,67)/t33-,42-,44-,45-,47-/m0/s1. The highest BCUT2D eigenvalue weighted by Crippen LogP contribution is 2.44. The van der Waals surface area contributed by atoms with E-state index in [-0.39, 0.29) is 54.6 Å². The van der Waals surface area contributed by atoms with E-state index in [1.165, 1.54) is 25.1 Å². The first kappa shape index (κ1) is 56.3. The highest BCUT2D eigenvalue weighted by molar-refractivity contribution is 6.01. The Bertz CT molecular complexity index is 2540. The lowest BCUT2D eigenvalue weighted by Gasteiger charge is -2.24. The van der Waals surface area contributed by atoms with E-state index < -0.39 is 90.1 Å². The van der Waals surface area contributed by atoms with Gasteiger partial charge in [0.05, 0.1) is 12.6 Å². The van der Waals surface area contributed by atoms with Crippen LogP contribution >= 0.6 is 0 Å². The van der Waals surface area contributed by atoms with E-state index in [9.17, 15) is 38.4 Å². The van der Waals surface area contributed by atoms with Crippen molar-refractivity contribution in [2.75, 3.05) is 25.0 Å². The monoisotopic (exact) mass is 1000 g/mol. The SMILES string of the molecule is CC(C)C[C@H](NC(=O)[C@@H](N)CCCCN)C(=O)NCc1cc(C(=O)N[C@H](C(=O)NCC(N)=O)C(C)C)ccc1NC(=O)[C@H](Cc1ccccc1)NC(=O)[C@H](C)NC(=O)OCC1c2ccccc2-c2ccccc21. The van der Waals surface area contributed by atoms with Crippen LogP contribution in [0.25, 0.3) is 11.1 Å². The minimum Gasteiger partial charge on any atom is -0.449 e. The first-order valence-corrected chi connectivity index (χ1v) is 24.7. The number of anilines is 1. The van der Waals surface area contributed by atoms with E-state index in [0.29, 0.717) is 31.4 Å². The van der Waals surface area contributed by atoms with E-state index in [1.807, 2.05) is 68.4 Å². The molecule has 4 aromatic rings. The summed E-state index contributed by atoms with van der Waals surface area (Å²) < 4.78 is 5.68. The molecule has 5 rings (SSSR count). The first-order valence-electron chi connectivity index (χ1n) is 24.7. The van der Waals surface area contributed by atoms with Crippen LogP contribution in [0.2, 0.25) is 0 Å². The maximum absolute atomic E-state index is 14.4. The van der Waals surface area contributed by atoms with Gasteiger partial charge < -0.3 is 59.2 Å². The van der Waals surface area contributed by atoms with Crippen LogP contribution in [-0.4, -0.2) is 97.3 Å². The predicted molar refractivity (Wildman–Crippen MR) is 277 cm³/mol. The summed E-state index contributed by atoms with van der Waals surface area (Å²) in [6.07, 6.45) is 1.17. The summed E-state index contributed by atoms with van der Waals surface area (Å²) in [7, 11) is 0. The summed E-state index contributed by atoms with van der Waals surface area (Å²) in [6, 6.07) is 23.8. The Labute approximate surface area is 426 Å². The fourth-order valence-corrected chi connectivity index (χ4v) is 8.43.